The summed E-state index contributed by atoms with van der Waals surface area (Å²) < 4.78 is 11.0. The molecule has 5 heteroatoms. The van der Waals surface area contributed by atoms with E-state index in [0.29, 0.717) is 29.7 Å². The lowest BCUT2D eigenvalue weighted by Crippen LogP contribution is -2.03. The maximum Gasteiger partial charge on any atom is 0.350 e. The van der Waals surface area contributed by atoms with E-state index in [1.807, 2.05) is 19.9 Å². The maximum atomic E-state index is 11.8. The van der Waals surface area contributed by atoms with Crippen molar-refractivity contribution < 1.29 is 14.3 Å². The molecule has 0 fully saturated rings. The van der Waals surface area contributed by atoms with Gasteiger partial charge in [-0.25, -0.2) is 9.78 Å². The second-order valence-corrected chi connectivity index (χ2v) is 6.81. The standard InChI is InChI=1S/C18H23NO3S/c1-6-21-18(20)17-13(5)19-16(23-17)10-22-15-9-12(4)7-8-14(15)11(2)3/h7-9,11H,6,10H2,1-5H3. The number of hydrogen-bond acceptors (Lipinski definition) is 5. The van der Waals surface area contributed by atoms with E-state index in [1.54, 1.807) is 6.92 Å². The van der Waals surface area contributed by atoms with Gasteiger partial charge in [-0.15, -0.1) is 11.3 Å². The highest BCUT2D eigenvalue weighted by atomic mass is 32.1. The fourth-order valence-electron chi connectivity index (χ4n) is 2.28. The quantitative estimate of drug-likeness (QED) is 0.723. The van der Waals surface area contributed by atoms with Gasteiger partial charge in [0.2, 0.25) is 0 Å². The van der Waals surface area contributed by atoms with Crippen LogP contribution in [0.3, 0.4) is 0 Å². The number of aryl methyl sites for hydroxylation is 2. The third-order valence-corrected chi connectivity index (χ3v) is 4.55. The molecule has 0 saturated heterocycles. The van der Waals surface area contributed by atoms with E-state index in [0.717, 1.165) is 16.3 Å². The van der Waals surface area contributed by atoms with Crippen molar-refractivity contribution in [1.29, 1.82) is 0 Å². The Kier molecular flexibility index (Phi) is 5.77. The minimum Gasteiger partial charge on any atom is -0.486 e. The monoisotopic (exact) mass is 333 g/mol. The van der Waals surface area contributed by atoms with Crippen molar-refractivity contribution in [2.75, 3.05) is 6.61 Å². The number of esters is 1. The van der Waals surface area contributed by atoms with Gasteiger partial charge < -0.3 is 9.47 Å². The summed E-state index contributed by atoms with van der Waals surface area (Å²) in [5.41, 5.74) is 3.03. The lowest BCUT2D eigenvalue weighted by molar-refractivity contribution is 0.0531. The minimum absolute atomic E-state index is 0.313. The van der Waals surface area contributed by atoms with Crippen LogP contribution in [-0.2, 0) is 11.3 Å². The fraction of sp³-hybridized carbons (Fsp3) is 0.444. The van der Waals surface area contributed by atoms with E-state index in [1.165, 1.54) is 16.9 Å². The molecular formula is C18H23NO3S. The lowest BCUT2D eigenvalue weighted by atomic mass is 10.0. The van der Waals surface area contributed by atoms with Crippen molar-refractivity contribution in [2.24, 2.45) is 0 Å². The molecule has 0 N–H and O–H groups in total. The molecule has 0 aliphatic rings. The molecule has 0 aliphatic carbocycles. The number of ether oxygens (including phenoxy) is 2. The average molecular weight is 333 g/mol. The number of rotatable bonds is 6. The molecule has 1 heterocycles. The predicted molar refractivity (Wildman–Crippen MR) is 92.4 cm³/mol. The first kappa shape index (κ1) is 17.5. The van der Waals surface area contributed by atoms with E-state index in [4.69, 9.17) is 9.47 Å². The Labute approximate surface area is 141 Å². The topological polar surface area (TPSA) is 48.4 Å². The number of aromatic nitrogens is 1. The number of hydrogen-bond donors (Lipinski definition) is 0. The zero-order chi connectivity index (χ0) is 17.0. The molecule has 0 atom stereocenters. The van der Waals surface area contributed by atoms with Crippen LogP contribution in [-0.4, -0.2) is 17.6 Å². The molecule has 0 saturated carbocycles. The van der Waals surface area contributed by atoms with Crippen LogP contribution in [0.4, 0.5) is 0 Å². The summed E-state index contributed by atoms with van der Waals surface area (Å²) in [7, 11) is 0. The Morgan fingerprint density at radius 3 is 2.70 bits per heavy atom. The van der Waals surface area contributed by atoms with Crippen LogP contribution < -0.4 is 4.74 Å². The van der Waals surface area contributed by atoms with Gasteiger partial charge in [0.25, 0.3) is 0 Å². The highest BCUT2D eigenvalue weighted by Crippen LogP contribution is 2.29. The third kappa shape index (κ3) is 4.32. The molecule has 0 radical (unpaired) electrons. The van der Waals surface area contributed by atoms with Crippen molar-refractivity contribution in [3.63, 3.8) is 0 Å². The summed E-state index contributed by atoms with van der Waals surface area (Å²) in [6.07, 6.45) is 0. The van der Waals surface area contributed by atoms with Crippen molar-refractivity contribution in [1.82, 2.24) is 4.98 Å². The first-order valence-corrected chi connectivity index (χ1v) is 8.60. The number of carbonyl (C=O) groups excluding carboxylic acids is 1. The fourth-order valence-corrected chi connectivity index (χ4v) is 3.15. The smallest absolute Gasteiger partial charge is 0.350 e. The molecule has 0 spiro atoms. The lowest BCUT2D eigenvalue weighted by Gasteiger charge is -2.14. The Bertz CT molecular complexity index is 692. The second-order valence-electron chi connectivity index (χ2n) is 5.73. The molecule has 0 unspecified atom stereocenters. The number of nitrogens with zero attached hydrogens (tertiary/aromatic N) is 1. The normalized spacial score (nSPS) is 10.9. The molecule has 4 nitrogen and oxygen atoms in total. The Morgan fingerprint density at radius 1 is 1.30 bits per heavy atom. The molecule has 2 rings (SSSR count). The molecule has 1 aromatic heterocycles. The van der Waals surface area contributed by atoms with Crippen LogP contribution >= 0.6 is 11.3 Å². The van der Waals surface area contributed by atoms with Crippen LogP contribution in [0.1, 0.15) is 58.2 Å². The Balaban J connectivity index is 2.14. The van der Waals surface area contributed by atoms with Crippen LogP contribution in [0.15, 0.2) is 18.2 Å². The van der Waals surface area contributed by atoms with E-state index < -0.39 is 0 Å². The number of thiazole rings is 1. The van der Waals surface area contributed by atoms with Gasteiger partial charge in [-0.2, -0.15) is 0 Å². The number of carbonyl (C=O) groups is 1. The molecule has 0 aliphatic heterocycles. The van der Waals surface area contributed by atoms with Gasteiger partial charge in [-0.05, 0) is 43.9 Å². The molecule has 1 aromatic carbocycles. The van der Waals surface area contributed by atoms with Gasteiger partial charge in [-0.3, -0.25) is 0 Å². The van der Waals surface area contributed by atoms with Gasteiger partial charge in [-0.1, -0.05) is 26.0 Å². The van der Waals surface area contributed by atoms with Crippen LogP contribution in [0.2, 0.25) is 0 Å². The highest BCUT2D eigenvalue weighted by Gasteiger charge is 2.17. The van der Waals surface area contributed by atoms with Crippen molar-refractivity contribution in [3.8, 4) is 5.75 Å². The van der Waals surface area contributed by atoms with Crippen molar-refractivity contribution in [2.45, 2.75) is 47.1 Å². The predicted octanol–water partition coefficient (Wildman–Crippen LogP) is 4.64. The molecule has 23 heavy (non-hydrogen) atoms. The summed E-state index contributed by atoms with van der Waals surface area (Å²) in [6.45, 7) is 10.7. The zero-order valence-corrected chi connectivity index (χ0v) is 15.1. The Hall–Kier alpha value is -1.88. The van der Waals surface area contributed by atoms with Crippen molar-refractivity contribution in [3.05, 3.63) is 44.9 Å². The van der Waals surface area contributed by atoms with Gasteiger partial charge in [0.1, 0.15) is 22.2 Å². The van der Waals surface area contributed by atoms with E-state index in [-0.39, 0.29) is 5.97 Å². The van der Waals surface area contributed by atoms with E-state index >= 15 is 0 Å². The minimum atomic E-state index is -0.313. The zero-order valence-electron chi connectivity index (χ0n) is 14.3. The molecule has 2 aromatic rings. The van der Waals surface area contributed by atoms with Gasteiger partial charge in [0.15, 0.2) is 0 Å². The third-order valence-electron chi connectivity index (χ3n) is 3.44. The summed E-state index contributed by atoms with van der Waals surface area (Å²) in [6, 6.07) is 6.24. The van der Waals surface area contributed by atoms with E-state index in [9.17, 15) is 4.79 Å². The first-order valence-electron chi connectivity index (χ1n) is 7.79. The largest absolute Gasteiger partial charge is 0.486 e. The summed E-state index contributed by atoms with van der Waals surface area (Å²) in [4.78, 5) is 16.8. The molecule has 0 amide bonds. The van der Waals surface area contributed by atoms with E-state index in [2.05, 4.69) is 31.0 Å². The van der Waals surface area contributed by atoms with Crippen LogP contribution in [0, 0.1) is 13.8 Å². The van der Waals surface area contributed by atoms with Gasteiger partial charge in [0, 0.05) is 0 Å². The summed E-state index contributed by atoms with van der Waals surface area (Å²) >= 11 is 1.33. The van der Waals surface area contributed by atoms with Gasteiger partial charge >= 0.3 is 5.97 Å². The van der Waals surface area contributed by atoms with Crippen LogP contribution in [0.5, 0.6) is 5.75 Å². The number of benzene rings is 1. The molecule has 124 valence electrons. The highest BCUT2D eigenvalue weighted by molar-refractivity contribution is 7.13. The second kappa shape index (κ2) is 7.59. The first-order chi connectivity index (χ1) is 10.9. The van der Waals surface area contributed by atoms with Crippen LogP contribution in [0.25, 0.3) is 0 Å². The molecule has 0 bridgehead atoms. The SMILES string of the molecule is CCOC(=O)c1sc(COc2cc(C)ccc2C(C)C)nc1C. The summed E-state index contributed by atoms with van der Waals surface area (Å²) in [5, 5.41) is 0.779. The molecular weight excluding hydrogens is 310 g/mol. The van der Waals surface area contributed by atoms with Gasteiger partial charge in [0.05, 0.1) is 12.3 Å². The summed E-state index contributed by atoms with van der Waals surface area (Å²) in [5.74, 6) is 0.955. The Morgan fingerprint density at radius 2 is 2.04 bits per heavy atom. The maximum absolute atomic E-state index is 11.8. The van der Waals surface area contributed by atoms with Crippen molar-refractivity contribution >= 4 is 17.3 Å². The average Bonchev–Trinajstić information content (AvgIpc) is 2.86.